The average molecular weight is 203 g/mol. The lowest BCUT2D eigenvalue weighted by Gasteiger charge is -2.17. The normalized spacial score (nSPS) is 20.9. The summed E-state index contributed by atoms with van der Waals surface area (Å²) in [5.41, 5.74) is 4.45. The van der Waals surface area contributed by atoms with Crippen molar-refractivity contribution >= 4 is 5.71 Å². The molecule has 1 aromatic rings. The van der Waals surface area contributed by atoms with E-state index in [-0.39, 0.29) is 0 Å². The second-order valence-corrected chi connectivity index (χ2v) is 4.12. The number of nitrogens with zero attached hydrogens (tertiary/aromatic N) is 1. The van der Waals surface area contributed by atoms with Crippen LogP contribution in [0.15, 0.2) is 17.3 Å². The van der Waals surface area contributed by atoms with Gasteiger partial charge in [-0.25, -0.2) is 0 Å². The van der Waals surface area contributed by atoms with Gasteiger partial charge in [-0.05, 0) is 42.5 Å². The van der Waals surface area contributed by atoms with Gasteiger partial charge in [0, 0.05) is 12.0 Å². The molecule has 0 amide bonds. The molecule has 0 spiro atoms. The lowest BCUT2D eigenvalue weighted by Crippen LogP contribution is -2.12. The lowest BCUT2D eigenvalue weighted by molar-refractivity contribution is 0.317. The standard InChI is InChI=1S/C12H13NO2/c14-13-11-3-1-2-8-7-12-9(4-5-15-12)6-10(8)11/h6-7,14H,1-5H2. The molecule has 3 nitrogen and oxygen atoms in total. The number of rotatable bonds is 0. The molecular weight excluding hydrogens is 190 g/mol. The fourth-order valence-electron chi connectivity index (χ4n) is 2.43. The van der Waals surface area contributed by atoms with E-state index in [1.807, 2.05) is 0 Å². The number of benzene rings is 1. The molecule has 2 aliphatic rings. The van der Waals surface area contributed by atoms with Crippen LogP contribution in [0.4, 0.5) is 0 Å². The maximum atomic E-state index is 8.94. The first-order valence-corrected chi connectivity index (χ1v) is 5.38. The van der Waals surface area contributed by atoms with Gasteiger partial charge in [-0.3, -0.25) is 0 Å². The van der Waals surface area contributed by atoms with E-state index < -0.39 is 0 Å². The van der Waals surface area contributed by atoms with E-state index in [4.69, 9.17) is 9.94 Å². The van der Waals surface area contributed by atoms with Crippen molar-refractivity contribution in [3.05, 3.63) is 28.8 Å². The first-order chi connectivity index (χ1) is 7.38. The van der Waals surface area contributed by atoms with Crippen LogP contribution in [0.5, 0.6) is 5.75 Å². The molecule has 0 fully saturated rings. The zero-order valence-corrected chi connectivity index (χ0v) is 8.49. The fourth-order valence-corrected chi connectivity index (χ4v) is 2.43. The molecule has 1 aromatic carbocycles. The molecule has 1 aliphatic carbocycles. The van der Waals surface area contributed by atoms with Crippen LogP contribution in [0.1, 0.15) is 29.5 Å². The summed E-state index contributed by atoms with van der Waals surface area (Å²) in [6.45, 7) is 0.782. The highest BCUT2D eigenvalue weighted by molar-refractivity contribution is 6.02. The molecule has 78 valence electrons. The summed E-state index contributed by atoms with van der Waals surface area (Å²) in [6, 6.07) is 4.24. The van der Waals surface area contributed by atoms with Crippen LogP contribution < -0.4 is 4.74 Å². The van der Waals surface area contributed by atoms with E-state index in [1.165, 1.54) is 11.1 Å². The van der Waals surface area contributed by atoms with E-state index in [0.717, 1.165) is 49.3 Å². The van der Waals surface area contributed by atoms with E-state index in [0.29, 0.717) is 0 Å². The second-order valence-electron chi connectivity index (χ2n) is 4.12. The minimum absolute atomic E-state index is 0.782. The van der Waals surface area contributed by atoms with E-state index in [9.17, 15) is 0 Å². The van der Waals surface area contributed by atoms with E-state index in [1.54, 1.807) is 0 Å². The lowest BCUT2D eigenvalue weighted by atomic mass is 9.88. The average Bonchev–Trinajstić information content (AvgIpc) is 2.72. The molecule has 15 heavy (non-hydrogen) atoms. The second kappa shape index (κ2) is 3.26. The van der Waals surface area contributed by atoms with Gasteiger partial charge in [-0.15, -0.1) is 0 Å². The molecule has 0 aromatic heterocycles. The molecule has 3 rings (SSSR count). The topological polar surface area (TPSA) is 41.8 Å². The van der Waals surface area contributed by atoms with Gasteiger partial charge in [0.15, 0.2) is 0 Å². The van der Waals surface area contributed by atoms with Crippen LogP contribution in [0.3, 0.4) is 0 Å². The molecule has 1 aliphatic heterocycles. The number of oxime groups is 1. The minimum Gasteiger partial charge on any atom is -0.493 e. The molecule has 1 N–H and O–H groups in total. The smallest absolute Gasteiger partial charge is 0.122 e. The third-order valence-corrected chi connectivity index (χ3v) is 3.21. The zero-order valence-electron chi connectivity index (χ0n) is 8.49. The molecule has 0 atom stereocenters. The number of hydrogen-bond acceptors (Lipinski definition) is 3. The molecule has 0 radical (unpaired) electrons. The van der Waals surface area contributed by atoms with Gasteiger partial charge in [0.2, 0.25) is 0 Å². The monoisotopic (exact) mass is 203 g/mol. The number of ether oxygens (including phenoxy) is 1. The van der Waals surface area contributed by atoms with Crippen LogP contribution in [0, 0.1) is 0 Å². The maximum Gasteiger partial charge on any atom is 0.122 e. The van der Waals surface area contributed by atoms with Crippen LogP contribution in [-0.2, 0) is 12.8 Å². The van der Waals surface area contributed by atoms with Crippen molar-refractivity contribution in [2.24, 2.45) is 5.16 Å². The zero-order chi connectivity index (χ0) is 10.3. The van der Waals surface area contributed by atoms with Crippen LogP contribution in [0.2, 0.25) is 0 Å². The molecule has 3 heteroatoms. The molecular formula is C12H13NO2. The third-order valence-electron chi connectivity index (χ3n) is 3.21. The minimum atomic E-state index is 0.782. The summed E-state index contributed by atoms with van der Waals surface area (Å²) in [5, 5.41) is 12.3. The Morgan fingerprint density at radius 2 is 2.07 bits per heavy atom. The van der Waals surface area contributed by atoms with Crippen LogP contribution >= 0.6 is 0 Å². The largest absolute Gasteiger partial charge is 0.493 e. The summed E-state index contributed by atoms with van der Waals surface area (Å²) >= 11 is 0. The summed E-state index contributed by atoms with van der Waals surface area (Å²) in [6.07, 6.45) is 3.97. The number of aryl methyl sites for hydroxylation is 1. The van der Waals surface area contributed by atoms with Gasteiger partial charge in [0.25, 0.3) is 0 Å². The molecule has 0 bridgehead atoms. The highest BCUT2D eigenvalue weighted by Crippen LogP contribution is 2.32. The van der Waals surface area contributed by atoms with Crippen molar-refractivity contribution in [1.82, 2.24) is 0 Å². The van der Waals surface area contributed by atoms with Gasteiger partial charge in [-0.1, -0.05) is 5.16 Å². The molecule has 0 unspecified atom stereocenters. The first kappa shape index (κ1) is 8.77. The Bertz CT molecular complexity index is 437. The Morgan fingerprint density at radius 3 is 2.93 bits per heavy atom. The van der Waals surface area contributed by atoms with Crippen LogP contribution in [-0.4, -0.2) is 17.5 Å². The van der Waals surface area contributed by atoms with Crippen molar-refractivity contribution < 1.29 is 9.94 Å². The Morgan fingerprint density at radius 1 is 1.13 bits per heavy atom. The van der Waals surface area contributed by atoms with Crippen molar-refractivity contribution in [1.29, 1.82) is 0 Å². The Labute approximate surface area is 88.4 Å². The summed E-state index contributed by atoms with van der Waals surface area (Å²) in [7, 11) is 0. The Kier molecular flexibility index (Phi) is 1.91. The highest BCUT2D eigenvalue weighted by atomic mass is 16.5. The summed E-state index contributed by atoms with van der Waals surface area (Å²) in [5.74, 6) is 1.02. The van der Waals surface area contributed by atoms with Gasteiger partial charge in [-0.2, -0.15) is 0 Å². The quantitative estimate of drug-likeness (QED) is 0.518. The number of hydrogen-bond donors (Lipinski definition) is 1. The van der Waals surface area contributed by atoms with Crippen molar-refractivity contribution in [2.75, 3.05) is 6.61 Å². The first-order valence-electron chi connectivity index (χ1n) is 5.38. The third kappa shape index (κ3) is 1.30. The van der Waals surface area contributed by atoms with E-state index >= 15 is 0 Å². The predicted molar refractivity (Wildman–Crippen MR) is 56.9 cm³/mol. The summed E-state index contributed by atoms with van der Waals surface area (Å²) in [4.78, 5) is 0. The van der Waals surface area contributed by atoms with Crippen molar-refractivity contribution in [2.45, 2.75) is 25.7 Å². The molecule has 0 saturated heterocycles. The van der Waals surface area contributed by atoms with Crippen molar-refractivity contribution in [3.8, 4) is 5.75 Å². The van der Waals surface area contributed by atoms with Gasteiger partial charge in [0.1, 0.15) is 5.75 Å². The van der Waals surface area contributed by atoms with Crippen molar-refractivity contribution in [3.63, 3.8) is 0 Å². The Balaban J connectivity index is 2.16. The Hall–Kier alpha value is -1.51. The summed E-state index contributed by atoms with van der Waals surface area (Å²) < 4.78 is 5.53. The van der Waals surface area contributed by atoms with Gasteiger partial charge in [0.05, 0.1) is 12.3 Å². The van der Waals surface area contributed by atoms with Gasteiger partial charge >= 0.3 is 0 Å². The maximum absolute atomic E-state index is 8.94. The number of fused-ring (bicyclic) bond motifs is 2. The van der Waals surface area contributed by atoms with E-state index in [2.05, 4.69) is 17.3 Å². The SMILES string of the molecule is ON=C1CCCc2cc3c(cc21)CCO3. The van der Waals surface area contributed by atoms with Crippen LogP contribution in [0.25, 0.3) is 0 Å². The molecule has 1 heterocycles. The fraction of sp³-hybridized carbons (Fsp3) is 0.417. The van der Waals surface area contributed by atoms with Gasteiger partial charge < -0.3 is 9.94 Å². The highest BCUT2D eigenvalue weighted by Gasteiger charge is 2.21. The predicted octanol–water partition coefficient (Wildman–Crippen LogP) is 2.14. The molecule has 0 saturated carbocycles.